The molecule has 0 radical (unpaired) electrons. The zero-order chi connectivity index (χ0) is 11.5. The van der Waals surface area contributed by atoms with Gasteiger partial charge in [-0.1, -0.05) is 0 Å². The fraction of sp³-hybridized carbons (Fsp3) is 0.600. The normalized spacial score (nSPS) is 14.9. The third kappa shape index (κ3) is 2.01. The van der Waals surface area contributed by atoms with Crippen molar-refractivity contribution in [3.63, 3.8) is 0 Å². The SMILES string of the molecule is COc1c(N)ncnc1N(CCO)C1CC1. The van der Waals surface area contributed by atoms with Gasteiger partial charge in [0, 0.05) is 12.6 Å². The number of methoxy groups -OCH3 is 1. The molecule has 1 heterocycles. The summed E-state index contributed by atoms with van der Waals surface area (Å²) in [6.07, 6.45) is 3.65. The van der Waals surface area contributed by atoms with Crippen LogP contribution >= 0.6 is 0 Å². The van der Waals surface area contributed by atoms with Crippen LogP contribution in [-0.2, 0) is 0 Å². The Morgan fingerprint density at radius 3 is 2.88 bits per heavy atom. The number of hydrogen-bond donors (Lipinski definition) is 2. The lowest BCUT2D eigenvalue weighted by Gasteiger charge is -2.24. The van der Waals surface area contributed by atoms with Crippen molar-refractivity contribution in [2.45, 2.75) is 18.9 Å². The topological polar surface area (TPSA) is 84.5 Å². The first-order valence-electron chi connectivity index (χ1n) is 5.30. The molecule has 6 heteroatoms. The summed E-state index contributed by atoms with van der Waals surface area (Å²) in [7, 11) is 1.54. The van der Waals surface area contributed by atoms with E-state index in [1.807, 2.05) is 4.90 Å². The van der Waals surface area contributed by atoms with Crippen molar-refractivity contribution in [2.75, 3.05) is 30.9 Å². The summed E-state index contributed by atoms with van der Waals surface area (Å²) < 4.78 is 5.21. The van der Waals surface area contributed by atoms with Crippen LogP contribution in [0.25, 0.3) is 0 Å². The van der Waals surface area contributed by atoms with Crippen LogP contribution in [0, 0.1) is 0 Å². The molecule has 2 rings (SSSR count). The van der Waals surface area contributed by atoms with Crippen LogP contribution in [0.2, 0.25) is 0 Å². The number of nitrogens with zero attached hydrogens (tertiary/aromatic N) is 3. The monoisotopic (exact) mass is 224 g/mol. The second kappa shape index (κ2) is 4.52. The lowest BCUT2D eigenvalue weighted by molar-refractivity contribution is 0.300. The first-order chi connectivity index (χ1) is 7.77. The summed E-state index contributed by atoms with van der Waals surface area (Å²) in [4.78, 5) is 10.1. The highest BCUT2D eigenvalue weighted by Crippen LogP contribution is 2.36. The van der Waals surface area contributed by atoms with Gasteiger partial charge < -0.3 is 20.5 Å². The number of aromatic nitrogens is 2. The maximum absolute atomic E-state index is 9.05. The molecule has 1 saturated carbocycles. The van der Waals surface area contributed by atoms with Gasteiger partial charge in [-0.15, -0.1) is 0 Å². The Balaban J connectivity index is 2.32. The number of aliphatic hydroxyl groups excluding tert-OH is 1. The maximum Gasteiger partial charge on any atom is 0.204 e. The lowest BCUT2D eigenvalue weighted by atomic mass is 10.4. The molecule has 16 heavy (non-hydrogen) atoms. The van der Waals surface area contributed by atoms with Crippen molar-refractivity contribution in [3.8, 4) is 5.75 Å². The highest BCUT2D eigenvalue weighted by Gasteiger charge is 2.32. The molecular formula is C10H16N4O2. The van der Waals surface area contributed by atoms with Crippen LogP contribution in [0.1, 0.15) is 12.8 Å². The van der Waals surface area contributed by atoms with Gasteiger partial charge in [0.15, 0.2) is 11.6 Å². The Bertz CT molecular complexity index is 368. The number of aliphatic hydroxyl groups is 1. The van der Waals surface area contributed by atoms with Gasteiger partial charge in [-0.2, -0.15) is 0 Å². The molecule has 3 N–H and O–H groups in total. The molecule has 88 valence electrons. The fourth-order valence-corrected chi connectivity index (χ4v) is 1.73. The average molecular weight is 224 g/mol. The number of anilines is 2. The quantitative estimate of drug-likeness (QED) is 0.734. The van der Waals surface area contributed by atoms with Gasteiger partial charge in [-0.25, -0.2) is 9.97 Å². The van der Waals surface area contributed by atoms with Crippen LogP contribution in [0.5, 0.6) is 5.75 Å². The molecule has 0 amide bonds. The molecule has 0 bridgehead atoms. The second-order valence-electron chi connectivity index (χ2n) is 3.76. The van der Waals surface area contributed by atoms with Gasteiger partial charge in [-0.05, 0) is 12.8 Å². The third-order valence-corrected chi connectivity index (χ3v) is 2.62. The molecule has 0 atom stereocenters. The zero-order valence-electron chi connectivity index (χ0n) is 9.26. The predicted molar refractivity (Wildman–Crippen MR) is 60.5 cm³/mol. The first kappa shape index (κ1) is 10.9. The van der Waals surface area contributed by atoms with E-state index in [1.165, 1.54) is 6.33 Å². The van der Waals surface area contributed by atoms with Crippen molar-refractivity contribution in [1.29, 1.82) is 0 Å². The van der Waals surface area contributed by atoms with Crippen LogP contribution in [0.15, 0.2) is 6.33 Å². The molecular weight excluding hydrogens is 208 g/mol. The minimum atomic E-state index is 0.0869. The molecule has 1 aliphatic carbocycles. The number of hydrogen-bond acceptors (Lipinski definition) is 6. The molecule has 6 nitrogen and oxygen atoms in total. The minimum absolute atomic E-state index is 0.0869. The highest BCUT2D eigenvalue weighted by molar-refractivity contribution is 5.63. The average Bonchev–Trinajstić information content (AvgIpc) is 3.09. The molecule has 1 aromatic heterocycles. The summed E-state index contributed by atoms with van der Waals surface area (Å²) in [5.74, 6) is 1.49. The van der Waals surface area contributed by atoms with Gasteiger partial charge >= 0.3 is 0 Å². The summed E-state index contributed by atoms with van der Waals surface area (Å²) in [6.45, 7) is 0.626. The van der Waals surface area contributed by atoms with Gasteiger partial charge in [0.1, 0.15) is 6.33 Å². The smallest absolute Gasteiger partial charge is 0.204 e. The van der Waals surface area contributed by atoms with Gasteiger partial charge in [0.05, 0.1) is 13.7 Å². The van der Waals surface area contributed by atoms with E-state index in [9.17, 15) is 0 Å². The molecule has 0 aromatic carbocycles. The third-order valence-electron chi connectivity index (χ3n) is 2.62. The Morgan fingerprint density at radius 2 is 2.31 bits per heavy atom. The number of rotatable bonds is 5. The standard InChI is InChI=1S/C10H16N4O2/c1-16-8-9(11)12-6-13-10(8)14(4-5-15)7-2-3-7/h6-7,15H,2-5H2,1H3,(H2,11,12,13). The summed E-state index contributed by atoms with van der Waals surface area (Å²) in [6, 6.07) is 0.440. The van der Waals surface area contributed by atoms with Crippen LogP contribution in [-0.4, -0.2) is 41.4 Å². The molecule has 0 unspecified atom stereocenters. The molecule has 1 aliphatic rings. The summed E-state index contributed by atoms with van der Waals surface area (Å²) >= 11 is 0. The minimum Gasteiger partial charge on any atom is -0.490 e. The Hall–Kier alpha value is -1.56. The van der Waals surface area contributed by atoms with Crippen molar-refractivity contribution in [1.82, 2.24) is 9.97 Å². The van der Waals surface area contributed by atoms with Crippen molar-refractivity contribution in [3.05, 3.63) is 6.33 Å². The first-order valence-corrected chi connectivity index (χ1v) is 5.30. The lowest BCUT2D eigenvalue weighted by Crippen LogP contribution is -2.30. The summed E-state index contributed by atoms with van der Waals surface area (Å²) in [5, 5.41) is 9.05. The van der Waals surface area contributed by atoms with Crippen LogP contribution < -0.4 is 15.4 Å². The van der Waals surface area contributed by atoms with Crippen molar-refractivity contribution in [2.24, 2.45) is 0 Å². The van der Waals surface area contributed by atoms with Gasteiger partial charge in [0.2, 0.25) is 5.75 Å². The zero-order valence-corrected chi connectivity index (χ0v) is 9.26. The number of nitrogen functional groups attached to an aromatic ring is 1. The van der Waals surface area contributed by atoms with Crippen molar-refractivity contribution >= 4 is 11.6 Å². The Kier molecular flexibility index (Phi) is 3.09. The summed E-state index contributed by atoms with van der Waals surface area (Å²) in [5.41, 5.74) is 5.72. The van der Waals surface area contributed by atoms with Gasteiger partial charge in [0.25, 0.3) is 0 Å². The van der Waals surface area contributed by atoms with E-state index in [0.29, 0.717) is 30.0 Å². The van der Waals surface area contributed by atoms with E-state index in [2.05, 4.69) is 9.97 Å². The Labute approximate surface area is 94.1 Å². The van der Waals surface area contributed by atoms with E-state index in [0.717, 1.165) is 12.8 Å². The molecule has 0 saturated heterocycles. The molecule has 1 fully saturated rings. The fourth-order valence-electron chi connectivity index (χ4n) is 1.73. The Morgan fingerprint density at radius 1 is 1.56 bits per heavy atom. The van der Waals surface area contributed by atoms with E-state index in [1.54, 1.807) is 7.11 Å². The largest absolute Gasteiger partial charge is 0.490 e. The van der Waals surface area contributed by atoms with E-state index >= 15 is 0 Å². The molecule has 0 spiro atoms. The van der Waals surface area contributed by atoms with E-state index < -0.39 is 0 Å². The number of ether oxygens (including phenoxy) is 1. The molecule has 0 aliphatic heterocycles. The number of nitrogens with two attached hydrogens (primary N) is 1. The maximum atomic E-state index is 9.05. The highest BCUT2D eigenvalue weighted by atomic mass is 16.5. The molecule has 1 aromatic rings. The van der Waals surface area contributed by atoms with E-state index in [4.69, 9.17) is 15.6 Å². The van der Waals surface area contributed by atoms with Crippen LogP contribution in [0.3, 0.4) is 0 Å². The van der Waals surface area contributed by atoms with Crippen LogP contribution in [0.4, 0.5) is 11.6 Å². The second-order valence-corrected chi connectivity index (χ2v) is 3.76. The van der Waals surface area contributed by atoms with Crippen molar-refractivity contribution < 1.29 is 9.84 Å². The van der Waals surface area contributed by atoms with E-state index in [-0.39, 0.29) is 6.61 Å². The van der Waals surface area contributed by atoms with Gasteiger partial charge in [-0.3, -0.25) is 0 Å². The predicted octanol–water partition coefficient (Wildman–Crippen LogP) is 0.0285.